The van der Waals surface area contributed by atoms with Crippen LogP contribution in [-0.4, -0.2) is 0 Å². The molecule has 0 saturated heterocycles. The smallest absolute Gasteiger partial charge is 0.0861 e. The maximum Gasteiger partial charge on any atom is 0.0861 e. The number of nitrogens with zero attached hydrogens (tertiary/aromatic N) is 1. The molecule has 3 rings (SSSR count). The Morgan fingerprint density at radius 1 is 1.06 bits per heavy atom. The van der Waals surface area contributed by atoms with Crippen molar-refractivity contribution in [1.82, 2.24) is 0 Å². The Hall–Kier alpha value is -0.710. The average Bonchev–Trinajstić information content (AvgIpc) is 2.76. The molecule has 0 heterocycles. The molecule has 1 spiro atoms. The molecule has 1 aromatic carbocycles. The van der Waals surface area contributed by atoms with Crippen molar-refractivity contribution in [2.75, 3.05) is 0 Å². The monoisotopic (exact) mass is 279 g/mol. The van der Waals surface area contributed by atoms with Crippen LogP contribution in [0.4, 0.5) is 0 Å². The molecule has 2 aliphatic carbocycles. The second-order valence-electron chi connectivity index (χ2n) is 5.85. The van der Waals surface area contributed by atoms with E-state index in [1.54, 1.807) is 0 Å². The van der Waals surface area contributed by atoms with Crippen LogP contribution in [0.5, 0.6) is 0 Å². The molecule has 0 atom stereocenters. The molecule has 94 valence electrons. The van der Waals surface area contributed by atoms with Crippen LogP contribution in [0, 0.1) is 16.7 Å². The van der Waals surface area contributed by atoms with Crippen LogP contribution in [0.2, 0.25) is 10.0 Å². The van der Waals surface area contributed by atoms with Gasteiger partial charge in [0.1, 0.15) is 0 Å². The Bertz CT molecular complexity index is 496. The van der Waals surface area contributed by atoms with Crippen LogP contribution in [0.25, 0.3) is 0 Å². The minimum atomic E-state index is -0.445. The SMILES string of the molecule is N#CC1(c2c(Cl)cccc2Cl)CC2(CCCC2)C1. The van der Waals surface area contributed by atoms with Crippen molar-refractivity contribution in [3.05, 3.63) is 33.8 Å². The number of hydrogen-bond acceptors (Lipinski definition) is 1. The summed E-state index contributed by atoms with van der Waals surface area (Å²) in [5.74, 6) is 0. The average molecular weight is 280 g/mol. The molecule has 0 bridgehead atoms. The van der Waals surface area contributed by atoms with Gasteiger partial charge in [0.15, 0.2) is 0 Å². The maximum absolute atomic E-state index is 9.62. The van der Waals surface area contributed by atoms with Crippen molar-refractivity contribution < 1.29 is 0 Å². The highest BCUT2D eigenvalue weighted by molar-refractivity contribution is 6.36. The van der Waals surface area contributed by atoms with Gasteiger partial charge in [-0.3, -0.25) is 0 Å². The first-order chi connectivity index (χ1) is 8.61. The van der Waals surface area contributed by atoms with Gasteiger partial charge in [-0.15, -0.1) is 0 Å². The molecule has 2 saturated carbocycles. The summed E-state index contributed by atoms with van der Waals surface area (Å²) in [6.07, 6.45) is 6.99. The molecule has 0 unspecified atom stereocenters. The van der Waals surface area contributed by atoms with Gasteiger partial charge in [-0.05, 0) is 43.2 Å². The molecule has 0 N–H and O–H groups in total. The molecule has 2 aliphatic rings. The maximum atomic E-state index is 9.62. The summed E-state index contributed by atoms with van der Waals surface area (Å²) in [4.78, 5) is 0. The Morgan fingerprint density at radius 2 is 1.61 bits per heavy atom. The van der Waals surface area contributed by atoms with Gasteiger partial charge in [-0.1, -0.05) is 42.1 Å². The van der Waals surface area contributed by atoms with Gasteiger partial charge in [0.2, 0.25) is 0 Å². The summed E-state index contributed by atoms with van der Waals surface area (Å²) < 4.78 is 0. The van der Waals surface area contributed by atoms with Crippen molar-refractivity contribution >= 4 is 23.2 Å². The van der Waals surface area contributed by atoms with Gasteiger partial charge in [-0.25, -0.2) is 0 Å². The zero-order chi connectivity index (χ0) is 12.8. The first kappa shape index (κ1) is 12.3. The molecule has 1 aromatic rings. The van der Waals surface area contributed by atoms with Gasteiger partial charge in [0.05, 0.1) is 11.5 Å². The zero-order valence-electron chi connectivity index (χ0n) is 10.2. The first-order valence-corrected chi connectivity index (χ1v) is 7.22. The van der Waals surface area contributed by atoms with Crippen LogP contribution in [0.15, 0.2) is 18.2 Å². The third-order valence-electron chi connectivity index (χ3n) is 4.67. The summed E-state index contributed by atoms with van der Waals surface area (Å²) in [6.45, 7) is 0. The lowest BCUT2D eigenvalue weighted by Crippen LogP contribution is -2.47. The minimum absolute atomic E-state index is 0.401. The third-order valence-corrected chi connectivity index (χ3v) is 5.30. The van der Waals surface area contributed by atoms with E-state index in [1.165, 1.54) is 25.7 Å². The molecule has 0 aromatic heterocycles. The molecule has 2 fully saturated rings. The predicted molar refractivity (Wildman–Crippen MR) is 73.9 cm³/mol. The normalized spacial score (nSPS) is 23.6. The highest BCUT2D eigenvalue weighted by atomic mass is 35.5. The number of benzene rings is 1. The predicted octanol–water partition coefficient (Wildman–Crippen LogP) is 5.11. The highest BCUT2D eigenvalue weighted by Crippen LogP contribution is 2.64. The summed E-state index contributed by atoms with van der Waals surface area (Å²) in [7, 11) is 0. The Balaban J connectivity index is 1.98. The number of rotatable bonds is 1. The molecule has 0 amide bonds. The molecular weight excluding hydrogens is 265 g/mol. The van der Waals surface area contributed by atoms with Gasteiger partial charge >= 0.3 is 0 Å². The molecule has 1 nitrogen and oxygen atoms in total. The molecule has 18 heavy (non-hydrogen) atoms. The standard InChI is InChI=1S/C15H15Cl2N/c16-11-4-3-5-12(17)13(11)15(10-18)8-14(9-15)6-1-2-7-14/h3-5H,1-2,6-9H2. The van der Waals surface area contributed by atoms with Crippen LogP contribution in [0.1, 0.15) is 44.1 Å². The van der Waals surface area contributed by atoms with Crippen molar-refractivity contribution in [2.24, 2.45) is 5.41 Å². The van der Waals surface area contributed by atoms with E-state index in [0.717, 1.165) is 18.4 Å². The van der Waals surface area contributed by atoms with E-state index in [1.807, 2.05) is 18.2 Å². The largest absolute Gasteiger partial charge is 0.197 e. The summed E-state index contributed by atoms with van der Waals surface area (Å²) in [6, 6.07) is 8.00. The third kappa shape index (κ3) is 1.67. The van der Waals surface area contributed by atoms with E-state index in [2.05, 4.69) is 6.07 Å². The van der Waals surface area contributed by atoms with E-state index in [4.69, 9.17) is 23.2 Å². The summed E-state index contributed by atoms with van der Waals surface area (Å²) in [5.41, 5.74) is 0.811. The minimum Gasteiger partial charge on any atom is -0.197 e. The topological polar surface area (TPSA) is 23.8 Å². The van der Waals surface area contributed by atoms with Crippen molar-refractivity contribution in [3.63, 3.8) is 0 Å². The highest BCUT2D eigenvalue weighted by Gasteiger charge is 2.57. The van der Waals surface area contributed by atoms with Crippen molar-refractivity contribution in [1.29, 1.82) is 5.26 Å². The Kier molecular flexibility index (Phi) is 2.84. The molecule has 3 heteroatoms. The Morgan fingerprint density at radius 3 is 2.11 bits per heavy atom. The van der Waals surface area contributed by atoms with E-state index in [-0.39, 0.29) is 0 Å². The van der Waals surface area contributed by atoms with E-state index < -0.39 is 5.41 Å². The van der Waals surface area contributed by atoms with Crippen molar-refractivity contribution in [2.45, 2.75) is 43.9 Å². The second-order valence-corrected chi connectivity index (χ2v) is 6.67. The van der Waals surface area contributed by atoms with E-state index >= 15 is 0 Å². The van der Waals surface area contributed by atoms with Crippen LogP contribution >= 0.6 is 23.2 Å². The number of halogens is 2. The summed E-state index contributed by atoms with van der Waals surface area (Å²) in [5, 5.41) is 10.9. The number of nitriles is 1. The Labute approximate surface area is 118 Å². The molecular formula is C15H15Cl2N. The second kappa shape index (κ2) is 4.15. The van der Waals surface area contributed by atoms with Crippen molar-refractivity contribution in [3.8, 4) is 6.07 Å². The van der Waals surface area contributed by atoms with Gasteiger partial charge < -0.3 is 0 Å². The lowest BCUT2D eigenvalue weighted by Gasteiger charge is -2.52. The van der Waals surface area contributed by atoms with Gasteiger partial charge in [0, 0.05) is 15.6 Å². The molecule has 0 radical (unpaired) electrons. The summed E-state index contributed by atoms with van der Waals surface area (Å²) >= 11 is 12.5. The fraction of sp³-hybridized carbons (Fsp3) is 0.533. The lowest BCUT2D eigenvalue weighted by molar-refractivity contribution is 0.0649. The quantitative estimate of drug-likeness (QED) is 0.701. The first-order valence-electron chi connectivity index (χ1n) is 6.47. The fourth-order valence-corrected chi connectivity index (χ4v) is 4.73. The van der Waals surface area contributed by atoms with Crippen LogP contribution < -0.4 is 0 Å². The van der Waals surface area contributed by atoms with Gasteiger partial charge in [0.25, 0.3) is 0 Å². The van der Waals surface area contributed by atoms with E-state index in [9.17, 15) is 5.26 Å². The van der Waals surface area contributed by atoms with Crippen LogP contribution in [0.3, 0.4) is 0 Å². The van der Waals surface area contributed by atoms with Gasteiger partial charge in [-0.2, -0.15) is 5.26 Å². The molecule has 0 aliphatic heterocycles. The number of hydrogen-bond donors (Lipinski definition) is 0. The van der Waals surface area contributed by atoms with E-state index in [0.29, 0.717) is 15.5 Å². The lowest BCUT2D eigenvalue weighted by atomic mass is 9.50. The zero-order valence-corrected chi connectivity index (χ0v) is 11.7. The van der Waals surface area contributed by atoms with Crippen LogP contribution in [-0.2, 0) is 5.41 Å². The fourth-order valence-electron chi connectivity index (χ4n) is 3.97.